The normalized spacial score (nSPS) is 21.7. The Balaban J connectivity index is 1.54. The van der Waals surface area contributed by atoms with Gasteiger partial charge in [-0.3, -0.25) is 14.6 Å². The van der Waals surface area contributed by atoms with Gasteiger partial charge >= 0.3 is 5.97 Å². The number of pyridine rings is 1. The van der Waals surface area contributed by atoms with Crippen molar-refractivity contribution in [1.29, 1.82) is 0 Å². The van der Waals surface area contributed by atoms with Crippen molar-refractivity contribution in [1.82, 2.24) is 10.3 Å². The Labute approximate surface area is 153 Å². The molecule has 1 amide bonds. The lowest BCUT2D eigenvalue weighted by atomic mass is 9.75. The Hall–Kier alpha value is -2.43. The fourth-order valence-corrected chi connectivity index (χ4v) is 4.48. The summed E-state index contributed by atoms with van der Waals surface area (Å²) in [7, 11) is 0. The molecule has 1 saturated carbocycles. The largest absolute Gasteiger partial charge is 0.458 e. The number of amides is 1. The average molecular weight is 352 g/mol. The molecule has 1 aromatic heterocycles. The highest BCUT2D eigenvalue weighted by Crippen LogP contribution is 2.44. The Morgan fingerprint density at radius 2 is 2.08 bits per heavy atom. The first-order valence-corrected chi connectivity index (χ1v) is 9.42. The summed E-state index contributed by atoms with van der Waals surface area (Å²) in [4.78, 5) is 29.2. The van der Waals surface area contributed by atoms with E-state index in [0.717, 1.165) is 54.1 Å². The molecule has 2 heterocycles. The van der Waals surface area contributed by atoms with Gasteiger partial charge in [-0.05, 0) is 55.9 Å². The molecule has 1 aliphatic heterocycles. The van der Waals surface area contributed by atoms with Gasteiger partial charge in [-0.1, -0.05) is 18.6 Å². The first kappa shape index (κ1) is 17.0. The Morgan fingerprint density at radius 3 is 2.88 bits per heavy atom. The average Bonchev–Trinajstić information content (AvgIpc) is 2.96. The standard InChI is InChI=1S/C21H24N2O3/c1-14-7-8-18-15(6-5-11-22-18)16(14)13-23-20(25)17-12-19(24)26-21(17)9-3-2-4-10-21/h5-8,11,17H,2-4,9-10,12-13H2,1H3,(H,23,25)/t17-/m1/s1. The molecule has 0 unspecified atom stereocenters. The maximum Gasteiger partial charge on any atom is 0.307 e. The second kappa shape index (κ2) is 6.71. The van der Waals surface area contributed by atoms with E-state index in [-0.39, 0.29) is 24.2 Å². The number of benzene rings is 1. The van der Waals surface area contributed by atoms with Crippen molar-refractivity contribution in [3.8, 4) is 0 Å². The fourth-order valence-electron chi connectivity index (χ4n) is 4.48. The summed E-state index contributed by atoms with van der Waals surface area (Å²) in [6.07, 6.45) is 6.75. The molecule has 0 bridgehead atoms. The lowest BCUT2D eigenvalue weighted by Crippen LogP contribution is -2.45. The molecule has 1 N–H and O–H groups in total. The molecule has 0 radical (unpaired) electrons. The van der Waals surface area contributed by atoms with E-state index >= 15 is 0 Å². The Kier molecular flexibility index (Phi) is 4.39. The minimum absolute atomic E-state index is 0.0713. The van der Waals surface area contributed by atoms with Crippen molar-refractivity contribution in [3.63, 3.8) is 0 Å². The quantitative estimate of drug-likeness (QED) is 0.860. The van der Waals surface area contributed by atoms with Crippen molar-refractivity contribution in [2.24, 2.45) is 5.92 Å². The number of carbonyl (C=O) groups excluding carboxylic acids is 2. The molecule has 5 nitrogen and oxygen atoms in total. The van der Waals surface area contributed by atoms with E-state index in [0.29, 0.717) is 6.54 Å². The fraction of sp³-hybridized carbons (Fsp3) is 0.476. The monoisotopic (exact) mass is 352 g/mol. The summed E-state index contributed by atoms with van der Waals surface area (Å²) in [5, 5.41) is 4.12. The van der Waals surface area contributed by atoms with Crippen molar-refractivity contribution in [2.75, 3.05) is 0 Å². The molecular formula is C21H24N2O3. The van der Waals surface area contributed by atoms with Gasteiger partial charge in [0, 0.05) is 18.1 Å². The molecule has 5 heteroatoms. The molecule has 1 aromatic carbocycles. The summed E-state index contributed by atoms with van der Waals surface area (Å²) in [5.41, 5.74) is 2.55. The summed E-state index contributed by atoms with van der Waals surface area (Å²) in [6, 6.07) is 7.97. The maximum atomic E-state index is 12.9. The van der Waals surface area contributed by atoms with Gasteiger partial charge in [-0.15, -0.1) is 0 Å². The van der Waals surface area contributed by atoms with Crippen LogP contribution >= 0.6 is 0 Å². The third kappa shape index (κ3) is 2.96. The number of aryl methyl sites for hydroxylation is 1. The molecule has 1 aliphatic carbocycles. The van der Waals surface area contributed by atoms with Crippen molar-refractivity contribution >= 4 is 22.8 Å². The number of esters is 1. The zero-order valence-electron chi connectivity index (χ0n) is 15.1. The van der Waals surface area contributed by atoms with Gasteiger partial charge in [0.2, 0.25) is 5.91 Å². The predicted molar refractivity (Wildman–Crippen MR) is 98.3 cm³/mol. The highest BCUT2D eigenvalue weighted by atomic mass is 16.6. The number of hydrogen-bond donors (Lipinski definition) is 1. The highest BCUT2D eigenvalue weighted by Gasteiger charge is 2.52. The molecule has 136 valence electrons. The van der Waals surface area contributed by atoms with E-state index in [9.17, 15) is 9.59 Å². The molecule has 4 rings (SSSR count). The minimum Gasteiger partial charge on any atom is -0.458 e. The van der Waals surface area contributed by atoms with Crippen LogP contribution in [-0.2, 0) is 20.9 Å². The Bertz CT molecular complexity index is 855. The number of nitrogens with zero attached hydrogens (tertiary/aromatic N) is 1. The molecule has 2 aromatic rings. The molecule has 1 atom stereocenters. The minimum atomic E-state index is -0.575. The van der Waals surface area contributed by atoms with Gasteiger partial charge in [0.25, 0.3) is 0 Å². The lowest BCUT2D eigenvalue weighted by molar-refractivity contribution is -0.153. The molecule has 1 saturated heterocycles. The SMILES string of the molecule is Cc1ccc2ncccc2c1CNC(=O)[C@H]1CC(=O)OC12CCCCC2. The number of fused-ring (bicyclic) bond motifs is 1. The number of aromatic nitrogens is 1. The second-order valence-electron chi connectivity index (χ2n) is 7.51. The van der Waals surface area contributed by atoms with Crippen LogP contribution < -0.4 is 5.32 Å². The molecule has 26 heavy (non-hydrogen) atoms. The second-order valence-corrected chi connectivity index (χ2v) is 7.51. The van der Waals surface area contributed by atoms with Crippen LogP contribution in [0.25, 0.3) is 10.9 Å². The number of ether oxygens (including phenoxy) is 1. The van der Waals surface area contributed by atoms with Gasteiger partial charge in [-0.25, -0.2) is 0 Å². The van der Waals surface area contributed by atoms with Crippen molar-refractivity contribution < 1.29 is 14.3 Å². The molecule has 1 spiro atoms. The number of nitrogens with one attached hydrogen (secondary N) is 1. The van der Waals surface area contributed by atoms with Crippen LogP contribution in [0, 0.1) is 12.8 Å². The summed E-state index contributed by atoms with van der Waals surface area (Å²) in [6.45, 7) is 2.48. The van der Waals surface area contributed by atoms with E-state index in [1.54, 1.807) is 6.20 Å². The smallest absolute Gasteiger partial charge is 0.307 e. The van der Waals surface area contributed by atoms with Crippen LogP contribution in [0.4, 0.5) is 0 Å². The van der Waals surface area contributed by atoms with Crippen LogP contribution in [0.1, 0.15) is 49.7 Å². The third-order valence-corrected chi connectivity index (χ3v) is 5.91. The van der Waals surface area contributed by atoms with E-state index in [1.807, 2.05) is 31.2 Å². The lowest BCUT2D eigenvalue weighted by Gasteiger charge is -2.36. The maximum absolute atomic E-state index is 12.9. The van der Waals surface area contributed by atoms with Crippen LogP contribution in [0.5, 0.6) is 0 Å². The summed E-state index contributed by atoms with van der Waals surface area (Å²) in [5.74, 6) is -0.681. The molecule has 2 aliphatic rings. The van der Waals surface area contributed by atoms with Crippen LogP contribution in [0.15, 0.2) is 30.5 Å². The van der Waals surface area contributed by atoms with Gasteiger partial charge in [0.05, 0.1) is 17.9 Å². The number of hydrogen-bond acceptors (Lipinski definition) is 4. The van der Waals surface area contributed by atoms with Gasteiger partial charge < -0.3 is 10.1 Å². The predicted octanol–water partition coefficient (Wildman–Crippen LogP) is 3.43. The van der Waals surface area contributed by atoms with Gasteiger partial charge in [0.1, 0.15) is 5.60 Å². The van der Waals surface area contributed by atoms with Gasteiger partial charge in [-0.2, -0.15) is 0 Å². The van der Waals surface area contributed by atoms with Crippen LogP contribution in [0.3, 0.4) is 0 Å². The first-order chi connectivity index (χ1) is 12.6. The van der Waals surface area contributed by atoms with E-state index in [2.05, 4.69) is 10.3 Å². The third-order valence-electron chi connectivity index (χ3n) is 5.91. The van der Waals surface area contributed by atoms with E-state index in [1.165, 1.54) is 0 Å². The summed E-state index contributed by atoms with van der Waals surface area (Å²) >= 11 is 0. The summed E-state index contributed by atoms with van der Waals surface area (Å²) < 4.78 is 5.66. The number of carbonyl (C=O) groups is 2. The van der Waals surface area contributed by atoms with E-state index in [4.69, 9.17) is 4.74 Å². The highest BCUT2D eigenvalue weighted by molar-refractivity contribution is 5.89. The molecule has 2 fully saturated rings. The van der Waals surface area contributed by atoms with E-state index < -0.39 is 5.60 Å². The zero-order chi connectivity index (χ0) is 18.1. The van der Waals surface area contributed by atoms with Crippen LogP contribution in [-0.4, -0.2) is 22.5 Å². The zero-order valence-corrected chi connectivity index (χ0v) is 15.1. The van der Waals surface area contributed by atoms with Crippen molar-refractivity contribution in [3.05, 3.63) is 41.6 Å². The first-order valence-electron chi connectivity index (χ1n) is 9.42. The number of rotatable bonds is 3. The Morgan fingerprint density at radius 1 is 1.27 bits per heavy atom. The topological polar surface area (TPSA) is 68.3 Å². The van der Waals surface area contributed by atoms with Crippen molar-refractivity contribution in [2.45, 2.75) is 57.6 Å². The molecular weight excluding hydrogens is 328 g/mol. The van der Waals surface area contributed by atoms with Crippen LogP contribution in [0.2, 0.25) is 0 Å². The van der Waals surface area contributed by atoms with Gasteiger partial charge in [0.15, 0.2) is 0 Å².